The Hall–Kier alpha value is -0.860. The van der Waals surface area contributed by atoms with E-state index in [1.165, 1.54) is 29.9 Å². The molecule has 0 saturated heterocycles. The molecule has 0 aliphatic heterocycles. The lowest BCUT2D eigenvalue weighted by atomic mass is 10.2. The van der Waals surface area contributed by atoms with Crippen LogP contribution in [0, 0.1) is 13.8 Å². The van der Waals surface area contributed by atoms with E-state index < -0.39 is 0 Å². The van der Waals surface area contributed by atoms with E-state index in [1.807, 2.05) is 22.7 Å². The van der Waals surface area contributed by atoms with E-state index in [0.717, 1.165) is 0 Å². The van der Waals surface area contributed by atoms with Crippen molar-refractivity contribution < 1.29 is 0 Å². The molecular weight excluding hydrogens is 208 g/mol. The molecule has 0 aliphatic rings. The van der Waals surface area contributed by atoms with Crippen molar-refractivity contribution in [1.82, 2.24) is 0 Å². The van der Waals surface area contributed by atoms with Gasteiger partial charge < -0.3 is 0 Å². The van der Waals surface area contributed by atoms with Gasteiger partial charge in [-0.3, -0.25) is 0 Å². The molecule has 0 atom stereocenters. The minimum absolute atomic E-state index is 1.39. The smallest absolute Gasteiger partial charge is 0.0352 e. The Morgan fingerprint density at radius 2 is 1.14 bits per heavy atom. The van der Waals surface area contributed by atoms with Gasteiger partial charge in [0.25, 0.3) is 0 Å². The van der Waals surface area contributed by atoms with Crippen molar-refractivity contribution in [1.29, 1.82) is 0 Å². The van der Waals surface area contributed by atoms with E-state index in [9.17, 15) is 0 Å². The van der Waals surface area contributed by atoms with Gasteiger partial charge in [0.05, 0.1) is 0 Å². The number of benzene rings is 1. The Balaban J connectivity index is 2.49. The molecule has 2 heteroatoms. The Morgan fingerprint density at radius 3 is 1.57 bits per heavy atom. The molecule has 0 amide bonds. The summed E-state index contributed by atoms with van der Waals surface area (Å²) in [5, 5.41) is 2.78. The van der Waals surface area contributed by atoms with Crippen LogP contribution in [-0.2, 0) is 0 Å². The van der Waals surface area contributed by atoms with Crippen LogP contribution in [0.15, 0.2) is 24.3 Å². The molecule has 0 fully saturated rings. The van der Waals surface area contributed by atoms with E-state index in [-0.39, 0.29) is 0 Å². The highest BCUT2D eigenvalue weighted by Gasteiger charge is 2.03. The Morgan fingerprint density at radius 1 is 0.714 bits per heavy atom. The quantitative estimate of drug-likeness (QED) is 0.511. The Kier molecular flexibility index (Phi) is 1.70. The minimum Gasteiger partial charge on any atom is -0.141 e. The molecule has 2 heterocycles. The van der Waals surface area contributed by atoms with Crippen molar-refractivity contribution in [3.63, 3.8) is 0 Å². The zero-order valence-electron chi connectivity index (χ0n) is 8.13. The Bertz CT molecular complexity index is 511. The minimum atomic E-state index is 1.39. The maximum Gasteiger partial charge on any atom is 0.0352 e. The summed E-state index contributed by atoms with van der Waals surface area (Å²) in [6.07, 6.45) is 0. The van der Waals surface area contributed by atoms with E-state index >= 15 is 0 Å². The largest absolute Gasteiger partial charge is 0.141 e. The molecule has 3 rings (SSSR count). The third kappa shape index (κ3) is 1.18. The second-order valence-corrected chi connectivity index (χ2v) is 6.22. The van der Waals surface area contributed by atoms with Crippen LogP contribution in [0.1, 0.15) is 9.75 Å². The number of aryl methyl sites for hydroxylation is 2. The van der Waals surface area contributed by atoms with E-state index in [2.05, 4.69) is 38.1 Å². The van der Waals surface area contributed by atoms with Crippen LogP contribution in [0.4, 0.5) is 0 Å². The molecule has 0 aliphatic carbocycles. The van der Waals surface area contributed by atoms with Gasteiger partial charge in [0, 0.05) is 19.2 Å². The maximum atomic E-state index is 2.31. The average molecular weight is 218 g/mol. The van der Waals surface area contributed by atoms with Crippen LogP contribution in [0.2, 0.25) is 0 Å². The van der Waals surface area contributed by atoms with Gasteiger partial charge in [-0.2, -0.15) is 0 Å². The first-order valence-electron chi connectivity index (χ1n) is 4.63. The summed E-state index contributed by atoms with van der Waals surface area (Å²) in [5.74, 6) is 0. The normalized spacial score (nSPS) is 11.6. The van der Waals surface area contributed by atoms with Crippen LogP contribution in [0.3, 0.4) is 0 Å². The fourth-order valence-corrected chi connectivity index (χ4v) is 3.75. The highest BCUT2D eigenvalue weighted by Crippen LogP contribution is 2.33. The zero-order chi connectivity index (χ0) is 9.71. The first-order chi connectivity index (χ1) is 6.72. The van der Waals surface area contributed by atoms with Crippen molar-refractivity contribution in [3.05, 3.63) is 34.0 Å². The molecule has 0 saturated carbocycles. The van der Waals surface area contributed by atoms with Gasteiger partial charge >= 0.3 is 0 Å². The highest BCUT2D eigenvalue weighted by atomic mass is 32.1. The summed E-state index contributed by atoms with van der Waals surface area (Å²) in [5.41, 5.74) is 0. The van der Waals surface area contributed by atoms with Crippen molar-refractivity contribution in [2.24, 2.45) is 0 Å². The van der Waals surface area contributed by atoms with Crippen molar-refractivity contribution in [2.75, 3.05) is 0 Å². The molecule has 0 unspecified atom stereocenters. The summed E-state index contributed by atoms with van der Waals surface area (Å²) in [7, 11) is 0. The lowest BCUT2D eigenvalue weighted by molar-refractivity contribution is 1.66. The molecule has 70 valence electrons. The van der Waals surface area contributed by atoms with Gasteiger partial charge in [-0.05, 0) is 48.9 Å². The summed E-state index contributed by atoms with van der Waals surface area (Å²) >= 11 is 3.76. The summed E-state index contributed by atoms with van der Waals surface area (Å²) in [4.78, 5) is 2.80. The van der Waals surface area contributed by atoms with Gasteiger partial charge in [0.15, 0.2) is 0 Å². The van der Waals surface area contributed by atoms with Crippen molar-refractivity contribution >= 4 is 42.8 Å². The molecule has 3 aromatic rings. The van der Waals surface area contributed by atoms with Gasteiger partial charge in [-0.25, -0.2) is 0 Å². The lowest BCUT2D eigenvalue weighted by Gasteiger charge is -1.89. The topological polar surface area (TPSA) is 0 Å². The predicted molar refractivity (Wildman–Crippen MR) is 66.7 cm³/mol. The first kappa shape index (κ1) is 8.45. The van der Waals surface area contributed by atoms with Crippen molar-refractivity contribution in [3.8, 4) is 0 Å². The van der Waals surface area contributed by atoms with Crippen LogP contribution in [-0.4, -0.2) is 0 Å². The van der Waals surface area contributed by atoms with Gasteiger partial charge in [-0.15, -0.1) is 22.7 Å². The first-order valence-corrected chi connectivity index (χ1v) is 6.26. The molecule has 14 heavy (non-hydrogen) atoms. The monoisotopic (exact) mass is 218 g/mol. The molecule has 1 aromatic carbocycles. The molecule has 0 N–H and O–H groups in total. The SMILES string of the molecule is Cc1cc2cc3sc(C)cc3cc2s1. The highest BCUT2D eigenvalue weighted by molar-refractivity contribution is 7.20. The zero-order valence-corrected chi connectivity index (χ0v) is 9.76. The molecule has 0 bridgehead atoms. The molecule has 0 spiro atoms. The number of hydrogen-bond acceptors (Lipinski definition) is 2. The predicted octanol–water partition coefficient (Wildman–Crippen LogP) is 4.73. The van der Waals surface area contributed by atoms with Crippen LogP contribution >= 0.6 is 22.7 Å². The van der Waals surface area contributed by atoms with Crippen LogP contribution < -0.4 is 0 Å². The fraction of sp³-hybridized carbons (Fsp3) is 0.167. The maximum absolute atomic E-state index is 2.31. The van der Waals surface area contributed by atoms with E-state index in [4.69, 9.17) is 0 Å². The second kappa shape index (κ2) is 2.81. The molecule has 0 radical (unpaired) electrons. The van der Waals surface area contributed by atoms with Crippen LogP contribution in [0.5, 0.6) is 0 Å². The van der Waals surface area contributed by atoms with Crippen LogP contribution in [0.25, 0.3) is 20.2 Å². The lowest BCUT2D eigenvalue weighted by Crippen LogP contribution is -1.62. The van der Waals surface area contributed by atoms with Gasteiger partial charge in [0.1, 0.15) is 0 Å². The third-order valence-electron chi connectivity index (χ3n) is 2.40. The third-order valence-corrected chi connectivity index (χ3v) is 4.43. The number of hydrogen-bond donors (Lipinski definition) is 0. The summed E-state index contributed by atoms with van der Waals surface area (Å²) < 4.78 is 2.82. The standard InChI is InChI=1S/C12H10S2/c1-7-3-9-5-12-10(4-8(2)14-12)6-11(9)13-7/h3-6H,1-2H3. The average Bonchev–Trinajstić information content (AvgIpc) is 2.59. The van der Waals surface area contributed by atoms with Gasteiger partial charge in [0.2, 0.25) is 0 Å². The number of rotatable bonds is 0. The number of thiophene rings is 2. The summed E-state index contributed by atoms with van der Waals surface area (Å²) in [6, 6.07) is 9.17. The molecular formula is C12H10S2. The molecule has 2 aromatic heterocycles. The molecule has 0 nitrogen and oxygen atoms in total. The van der Waals surface area contributed by atoms with Crippen molar-refractivity contribution in [2.45, 2.75) is 13.8 Å². The van der Waals surface area contributed by atoms with E-state index in [0.29, 0.717) is 0 Å². The number of fused-ring (bicyclic) bond motifs is 2. The second-order valence-electron chi connectivity index (χ2n) is 3.64. The summed E-state index contributed by atoms with van der Waals surface area (Å²) in [6.45, 7) is 4.34. The van der Waals surface area contributed by atoms with Gasteiger partial charge in [-0.1, -0.05) is 0 Å². The fourth-order valence-electron chi connectivity index (χ4n) is 1.84. The van der Waals surface area contributed by atoms with E-state index in [1.54, 1.807) is 0 Å². The Labute approximate surface area is 90.8 Å².